The summed E-state index contributed by atoms with van der Waals surface area (Å²) in [4.78, 5) is 0. The van der Waals surface area contributed by atoms with Crippen molar-refractivity contribution in [2.24, 2.45) is 0 Å². The van der Waals surface area contributed by atoms with Crippen LogP contribution in [0, 0.1) is 27.7 Å². The molecule has 1 aromatic heterocycles. The maximum Gasteiger partial charge on any atom is 0.244 e. The third kappa shape index (κ3) is 2.51. The molecule has 0 atom stereocenters. The number of halogens is 1. The largest absolute Gasteiger partial charge is 0.349 e. The molecule has 0 fully saturated rings. The molecule has 0 saturated heterocycles. The maximum atomic E-state index is 6.06. The normalized spacial score (nSPS) is 10.7. The molecule has 0 aliphatic heterocycles. The molecule has 0 radical (unpaired) electrons. The third-order valence-electron chi connectivity index (χ3n) is 3.06. The van der Waals surface area contributed by atoms with E-state index in [0.717, 1.165) is 0 Å². The predicted octanol–water partition coefficient (Wildman–Crippen LogP) is 4.17. The Bertz CT molecular complexity index is 552. The fraction of sp³-hybridized carbons (Fsp3) is 0.357. The molecule has 1 aromatic carbocycles. The van der Waals surface area contributed by atoms with Gasteiger partial charge in [0, 0.05) is 6.54 Å². The molecule has 0 bridgehead atoms. The fourth-order valence-corrected chi connectivity index (χ4v) is 2.26. The third-order valence-corrected chi connectivity index (χ3v) is 3.50. The number of aryl methyl sites for hydroxylation is 4. The van der Waals surface area contributed by atoms with Crippen LogP contribution in [0.2, 0.25) is 5.02 Å². The van der Waals surface area contributed by atoms with Crippen molar-refractivity contribution in [3.05, 3.63) is 45.1 Å². The van der Waals surface area contributed by atoms with Gasteiger partial charge in [0.2, 0.25) is 5.88 Å². The van der Waals surface area contributed by atoms with E-state index in [4.69, 9.17) is 16.1 Å². The molecule has 2 aromatic rings. The lowest BCUT2D eigenvalue weighted by Crippen LogP contribution is -2.03. The number of benzene rings is 1. The monoisotopic (exact) mass is 264 g/mol. The zero-order valence-electron chi connectivity index (χ0n) is 11.1. The van der Waals surface area contributed by atoms with E-state index in [1.54, 1.807) is 0 Å². The van der Waals surface area contributed by atoms with Gasteiger partial charge in [-0.25, -0.2) is 0 Å². The van der Waals surface area contributed by atoms with Crippen LogP contribution in [-0.2, 0) is 6.54 Å². The van der Waals surface area contributed by atoms with E-state index >= 15 is 0 Å². The van der Waals surface area contributed by atoms with Crippen LogP contribution in [0.1, 0.15) is 27.9 Å². The van der Waals surface area contributed by atoms with E-state index in [1.807, 2.05) is 6.92 Å². The van der Waals surface area contributed by atoms with Crippen molar-refractivity contribution in [1.82, 2.24) is 5.16 Å². The van der Waals surface area contributed by atoms with Gasteiger partial charge in [0.15, 0.2) is 0 Å². The molecule has 0 saturated carbocycles. The van der Waals surface area contributed by atoms with Gasteiger partial charge >= 0.3 is 0 Å². The van der Waals surface area contributed by atoms with Crippen LogP contribution in [0.3, 0.4) is 0 Å². The van der Waals surface area contributed by atoms with Crippen LogP contribution in [-0.4, -0.2) is 5.16 Å². The first kappa shape index (κ1) is 13.0. The van der Waals surface area contributed by atoms with E-state index < -0.39 is 0 Å². The Kier molecular flexibility index (Phi) is 3.62. The van der Waals surface area contributed by atoms with Crippen LogP contribution < -0.4 is 5.32 Å². The molecule has 1 heterocycles. The summed E-state index contributed by atoms with van der Waals surface area (Å²) in [5, 5.41) is 7.56. The van der Waals surface area contributed by atoms with Gasteiger partial charge in [0.05, 0.1) is 0 Å². The molecule has 0 aliphatic carbocycles. The smallest absolute Gasteiger partial charge is 0.244 e. The molecule has 96 valence electrons. The van der Waals surface area contributed by atoms with Crippen molar-refractivity contribution < 1.29 is 4.52 Å². The number of nitrogens with zero attached hydrogens (tertiary/aromatic N) is 1. The first-order valence-corrected chi connectivity index (χ1v) is 6.29. The Hall–Kier alpha value is -1.48. The van der Waals surface area contributed by atoms with Crippen molar-refractivity contribution in [2.75, 3.05) is 5.32 Å². The SMILES string of the molecule is Cc1cc(C)c(CNc2onc(C)c2Cl)c(C)c1. The maximum absolute atomic E-state index is 6.06. The Labute approximate surface area is 112 Å². The summed E-state index contributed by atoms with van der Waals surface area (Å²) in [5.74, 6) is 0.536. The van der Waals surface area contributed by atoms with Gasteiger partial charge in [-0.3, -0.25) is 0 Å². The molecule has 0 spiro atoms. The number of rotatable bonds is 3. The Balaban J connectivity index is 2.18. The van der Waals surface area contributed by atoms with Crippen LogP contribution in [0.4, 0.5) is 5.88 Å². The highest BCUT2D eigenvalue weighted by Gasteiger charge is 2.11. The second kappa shape index (κ2) is 5.02. The van der Waals surface area contributed by atoms with Gasteiger partial charge in [-0.2, -0.15) is 0 Å². The Morgan fingerprint density at radius 3 is 2.28 bits per heavy atom. The topological polar surface area (TPSA) is 38.1 Å². The Morgan fingerprint density at radius 2 is 1.78 bits per heavy atom. The summed E-state index contributed by atoms with van der Waals surface area (Å²) < 4.78 is 5.13. The van der Waals surface area contributed by atoms with Gasteiger partial charge in [-0.05, 0) is 44.4 Å². The summed E-state index contributed by atoms with van der Waals surface area (Å²) in [6, 6.07) is 4.36. The van der Waals surface area contributed by atoms with E-state index in [-0.39, 0.29) is 0 Å². The van der Waals surface area contributed by atoms with Crippen molar-refractivity contribution >= 4 is 17.5 Å². The minimum Gasteiger partial charge on any atom is -0.349 e. The molecule has 0 amide bonds. The van der Waals surface area contributed by atoms with Gasteiger partial charge in [-0.1, -0.05) is 34.5 Å². The average Bonchev–Trinajstić information content (AvgIpc) is 2.59. The predicted molar refractivity (Wildman–Crippen MR) is 74.2 cm³/mol. The standard InChI is InChI=1S/C14H17ClN2O/c1-8-5-9(2)12(10(3)6-8)7-16-14-13(15)11(4)17-18-14/h5-6,16H,7H2,1-4H3. The summed E-state index contributed by atoms with van der Waals surface area (Å²) >= 11 is 6.06. The summed E-state index contributed by atoms with van der Waals surface area (Å²) in [6.07, 6.45) is 0. The number of aromatic nitrogens is 1. The molecule has 3 nitrogen and oxygen atoms in total. The Morgan fingerprint density at radius 1 is 1.17 bits per heavy atom. The van der Waals surface area contributed by atoms with Crippen molar-refractivity contribution in [3.8, 4) is 0 Å². The van der Waals surface area contributed by atoms with Crippen LogP contribution in [0.5, 0.6) is 0 Å². The fourth-order valence-electron chi connectivity index (χ4n) is 2.13. The molecule has 0 unspecified atom stereocenters. The lowest BCUT2D eigenvalue weighted by molar-refractivity contribution is 0.427. The zero-order chi connectivity index (χ0) is 13.3. The molecule has 18 heavy (non-hydrogen) atoms. The molecule has 4 heteroatoms. The number of nitrogens with one attached hydrogen (secondary N) is 1. The first-order valence-electron chi connectivity index (χ1n) is 5.91. The van der Waals surface area contributed by atoms with Gasteiger partial charge in [0.1, 0.15) is 10.7 Å². The molecular weight excluding hydrogens is 248 g/mol. The van der Waals surface area contributed by atoms with Crippen LogP contribution in [0.15, 0.2) is 16.7 Å². The van der Waals surface area contributed by atoms with Crippen molar-refractivity contribution in [1.29, 1.82) is 0 Å². The molecule has 1 N–H and O–H groups in total. The highest BCUT2D eigenvalue weighted by atomic mass is 35.5. The second-order valence-corrected chi connectivity index (χ2v) is 5.02. The highest BCUT2D eigenvalue weighted by molar-refractivity contribution is 6.33. The number of hydrogen-bond donors (Lipinski definition) is 1. The molecular formula is C14H17ClN2O. The summed E-state index contributed by atoms with van der Waals surface area (Å²) in [6.45, 7) is 8.84. The van der Waals surface area contributed by atoms with E-state index in [1.165, 1.54) is 22.3 Å². The molecule has 0 aliphatic rings. The first-order chi connectivity index (χ1) is 8.49. The second-order valence-electron chi connectivity index (χ2n) is 4.64. The van der Waals surface area contributed by atoms with Crippen LogP contribution >= 0.6 is 11.6 Å². The minimum absolute atomic E-state index is 0.536. The van der Waals surface area contributed by atoms with Crippen molar-refractivity contribution in [3.63, 3.8) is 0 Å². The lowest BCUT2D eigenvalue weighted by Gasteiger charge is -2.11. The summed E-state index contributed by atoms with van der Waals surface area (Å²) in [7, 11) is 0. The van der Waals surface area contributed by atoms with Crippen molar-refractivity contribution in [2.45, 2.75) is 34.2 Å². The lowest BCUT2D eigenvalue weighted by atomic mass is 10.00. The average molecular weight is 265 g/mol. The molecule has 2 rings (SSSR count). The van der Waals surface area contributed by atoms with E-state index in [2.05, 4.69) is 43.4 Å². The van der Waals surface area contributed by atoms with E-state index in [9.17, 15) is 0 Å². The van der Waals surface area contributed by atoms with E-state index in [0.29, 0.717) is 23.1 Å². The highest BCUT2D eigenvalue weighted by Crippen LogP contribution is 2.26. The van der Waals surface area contributed by atoms with Gasteiger partial charge in [-0.15, -0.1) is 0 Å². The number of hydrogen-bond acceptors (Lipinski definition) is 3. The quantitative estimate of drug-likeness (QED) is 0.904. The van der Waals surface area contributed by atoms with Crippen LogP contribution in [0.25, 0.3) is 0 Å². The number of anilines is 1. The van der Waals surface area contributed by atoms with Gasteiger partial charge < -0.3 is 9.84 Å². The summed E-state index contributed by atoms with van der Waals surface area (Å²) in [5.41, 5.74) is 5.80. The van der Waals surface area contributed by atoms with Gasteiger partial charge in [0.25, 0.3) is 0 Å². The minimum atomic E-state index is 0.536. The zero-order valence-corrected chi connectivity index (χ0v) is 11.9.